The highest BCUT2D eigenvalue weighted by Gasteiger charge is 2.35. The SMILES string of the molecule is CC(Cc1cn(C2Cc3ccccc3C2)cn1)C(=O)[C@@H](COCc1ccccc1)NC(=O)C(C)(C)NC(=O)OC(C)(C)C. The zero-order chi connectivity index (χ0) is 31.2. The first-order valence-corrected chi connectivity index (χ1v) is 14.9. The lowest BCUT2D eigenvalue weighted by Crippen LogP contribution is -2.59. The largest absolute Gasteiger partial charge is 0.444 e. The van der Waals surface area contributed by atoms with Crippen molar-refractivity contribution in [3.05, 3.63) is 89.5 Å². The molecular weight excluding hydrogens is 544 g/mol. The molecule has 2 aromatic carbocycles. The van der Waals surface area contributed by atoms with E-state index in [0.717, 1.165) is 24.1 Å². The second kappa shape index (κ2) is 13.5. The molecule has 9 nitrogen and oxygen atoms in total. The number of rotatable bonds is 12. The minimum atomic E-state index is -1.33. The summed E-state index contributed by atoms with van der Waals surface area (Å²) in [4.78, 5) is 44.1. The number of carbonyl (C=O) groups is 3. The lowest BCUT2D eigenvalue weighted by atomic mass is 9.94. The fourth-order valence-electron chi connectivity index (χ4n) is 5.21. The Hall–Kier alpha value is -3.98. The number of imidazole rings is 1. The van der Waals surface area contributed by atoms with Crippen LogP contribution in [-0.2, 0) is 44.9 Å². The van der Waals surface area contributed by atoms with Gasteiger partial charge in [0, 0.05) is 24.6 Å². The fraction of sp³-hybridized carbons (Fsp3) is 0.471. The summed E-state index contributed by atoms with van der Waals surface area (Å²) in [7, 11) is 0. The van der Waals surface area contributed by atoms with Crippen molar-refractivity contribution < 1.29 is 23.9 Å². The Bertz CT molecular complexity index is 1380. The van der Waals surface area contributed by atoms with Crippen LogP contribution in [0, 0.1) is 5.92 Å². The summed E-state index contributed by atoms with van der Waals surface area (Å²) in [6.45, 7) is 10.5. The van der Waals surface area contributed by atoms with E-state index in [2.05, 4.69) is 44.5 Å². The third kappa shape index (κ3) is 9.00. The predicted molar refractivity (Wildman–Crippen MR) is 164 cm³/mol. The van der Waals surface area contributed by atoms with E-state index in [4.69, 9.17) is 9.47 Å². The molecule has 1 aliphatic carbocycles. The Morgan fingerprint density at radius 3 is 2.23 bits per heavy atom. The van der Waals surface area contributed by atoms with Crippen LogP contribution in [0.5, 0.6) is 0 Å². The minimum Gasteiger partial charge on any atom is -0.444 e. The highest BCUT2D eigenvalue weighted by atomic mass is 16.6. The van der Waals surface area contributed by atoms with E-state index in [9.17, 15) is 14.4 Å². The Morgan fingerprint density at radius 1 is 0.977 bits per heavy atom. The molecule has 0 aliphatic heterocycles. The van der Waals surface area contributed by atoms with Crippen molar-refractivity contribution in [1.82, 2.24) is 20.2 Å². The molecule has 3 aromatic rings. The molecule has 1 aliphatic rings. The molecule has 9 heteroatoms. The summed E-state index contributed by atoms with van der Waals surface area (Å²) >= 11 is 0. The molecule has 43 heavy (non-hydrogen) atoms. The van der Waals surface area contributed by atoms with Gasteiger partial charge < -0.3 is 24.7 Å². The number of nitrogens with one attached hydrogen (secondary N) is 2. The van der Waals surface area contributed by atoms with Gasteiger partial charge in [0.05, 0.1) is 25.2 Å². The van der Waals surface area contributed by atoms with Crippen LogP contribution in [-0.4, -0.2) is 51.1 Å². The van der Waals surface area contributed by atoms with Gasteiger partial charge in [-0.05, 0) is 64.2 Å². The average molecular weight is 589 g/mol. The van der Waals surface area contributed by atoms with E-state index in [0.29, 0.717) is 19.1 Å². The number of aromatic nitrogens is 2. The molecular formula is C34H44N4O5. The monoisotopic (exact) mass is 588 g/mol. The first kappa shape index (κ1) is 31.9. The van der Waals surface area contributed by atoms with Crippen molar-refractivity contribution in [2.45, 2.75) is 90.6 Å². The maximum Gasteiger partial charge on any atom is 0.408 e. The van der Waals surface area contributed by atoms with E-state index in [1.54, 1.807) is 34.6 Å². The lowest BCUT2D eigenvalue weighted by molar-refractivity contribution is -0.134. The van der Waals surface area contributed by atoms with Crippen molar-refractivity contribution >= 4 is 17.8 Å². The van der Waals surface area contributed by atoms with Gasteiger partial charge in [0.15, 0.2) is 5.78 Å². The minimum absolute atomic E-state index is 0.0128. The van der Waals surface area contributed by atoms with Gasteiger partial charge >= 0.3 is 6.09 Å². The van der Waals surface area contributed by atoms with Crippen molar-refractivity contribution in [3.8, 4) is 0 Å². The number of ketones is 1. The number of fused-ring (bicyclic) bond motifs is 1. The van der Waals surface area contributed by atoms with Crippen LogP contribution in [0.25, 0.3) is 0 Å². The molecule has 1 aromatic heterocycles. The van der Waals surface area contributed by atoms with Gasteiger partial charge in [-0.3, -0.25) is 9.59 Å². The number of carbonyl (C=O) groups excluding carboxylic acids is 3. The molecule has 0 bridgehead atoms. The Kier molecular flexibility index (Phi) is 10.1. The van der Waals surface area contributed by atoms with Gasteiger partial charge in [-0.2, -0.15) is 0 Å². The smallest absolute Gasteiger partial charge is 0.408 e. The molecule has 230 valence electrons. The number of hydrogen-bond acceptors (Lipinski definition) is 6. The Balaban J connectivity index is 1.41. The molecule has 0 fully saturated rings. The summed E-state index contributed by atoms with van der Waals surface area (Å²) < 4.78 is 13.4. The Labute approximate surface area is 254 Å². The summed E-state index contributed by atoms with van der Waals surface area (Å²) in [6.07, 6.45) is 5.49. The number of hydrogen-bond donors (Lipinski definition) is 2. The molecule has 2 N–H and O–H groups in total. The first-order valence-electron chi connectivity index (χ1n) is 14.9. The van der Waals surface area contributed by atoms with Gasteiger partial charge in [-0.25, -0.2) is 9.78 Å². The van der Waals surface area contributed by atoms with Crippen LogP contribution in [0.4, 0.5) is 4.79 Å². The topological polar surface area (TPSA) is 112 Å². The van der Waals surface area contributed by atoms with Crippen LogP contribution in [0.2, 0.25) is 0 Å². The molecule has 4 rings (SSSR count). The summed E-state index contributed by atoms with van der Waals surface area (Å²) in [5.74, 6) is -1.12. The molecule has 0 saturated carbocycles. The van der Waals surface area contributed by atoms with E-state index < -0.39 is 35.1 Å². The van der Waals surface area contributed by atoms with Crippen LogP contribution in [0.15, 0.2) is 67.1 Å². The van der Waals surface area contributed by atoms with Gasteiger partial charge in [-0.1, -0.05) is 61.5 Å². The quantitative estimate of drug-likeness (QED) is 0.309. The normalized spacial score (nSPS) is 14.9. The van der Waals surface area contributed by atoms with Gasteiger partial charge in [0.1, 0.15) is 17.2 Å². The maximum atomic E-state index is 13.7. The molecule has 1 unspecified atom stereocenters. The number of ether oxygens (including phenoxy) is 2. The third-order valence-electron chi connectivity index (χ3n) is 7.53. The number of benzene rings is 2. The average Bonchev–Trinajstić information content (AvgIpc) is 3.58. The second-order valence-corrected chi connectivity index (χ2v) is 12.9. The zero-order valence-electron chi connectivity index (χ0n) is 26.1. The van der Waals surface area contributed by atoms with E-state index >= 15 is 0 Å². The highest BCUT2D eigenvalue weighted by molar-refractivity contribution is 5.95. The Morgan fingerprint density at radius 2 is 1.60 bits per heavy atom. The molecule has 1 heterocycles. The number of amides is 2. The number of nitrogens with zero attached hydrogens (tertiary/aromatic N) is 2. The van der Waals surface area contributed by atoms with E-state index in [1.165, 1.54) is 11.1 Å². The fourth-order valence-corrected chi connectivity index (χ4v) is 5.21. The van der Waals surface area contributed by atoms with Crippen LogP contribution >= 0.6 is 0 Å². The second-order valence-electron chi connectivity index (χ2n) is 12.9. The zero-order valence-corrected chi connectivity index (χ0v) is 26.1. The maximum absolute atomic E-state index is 13.7. The summed E-state index contributed by atoms with van der Waals surface area (Å²) in [5, 5.41) is 5.43. The van der Waals surface area contributed by atoms with Crippen LogP contribution < -0.4 is 10.6 Å². The molecule has 0 radical (unpaired) electrons. The van der Waals surface area contributed by atoms with E-state index in [-0.39, 0.29) is 12.4 Å². The van der Waals surface area contributed by atoms with Gasteiger partial charge in [0.25, 0.3) is 0 Å². The molecule has 2 amide bonds. The van der Waals surface area contributed by atoms with E-state index in [1.807, 2.05) is 49.8 Å². The summed E-state index contributed by atoms with van der Waals surface area (Å²) in [6, 6.07) is 17.5. The summed E-state index contributed by atoms with van der Waals surface area (Å²) in [5.41, 5.74) is 2.46. The van der Waals surface area contributed by atoms with Gasteiger partial charge in [-0.15, -0.1) is 0 Å². The third-order valence-corrected chi connectivity index (χ3v) is 7.53. The lowest BCUT2D eigenvalue weighted by Gasteiger charge is -2.30. The predicted octanol–water partition coefficient (Wildman–Crippen LogP) is 4.98. The van der Waals surface area contributed by atoms with Crippen molar-refractivity contribution in [3.63, 3.8) is 0 Å². The molecule has 0 saturated heterocycles. The van der Waals surface area contributed by atoms with Crippen molar-refractivity contribution in [1.29, 1.82) is 0 Å². The molecule has 0 spiro atoms. The first-order chi connectivity index (χ1) is 20.3. The van der Waals surface area contributed by atoms with Gasteiger partial charge in [0.2, 0.25) is 5.91 Å². The standard InChI is InChI=1S/C34H44N4O5/c1-23(16-27-19-38(22-35-27)28-17-25-14-10-11-15-26(25)18-28)30(39)29(21-42-20-24-12-8-7-9-13-24)36-31(40)34(5,6)37-32(41)43-33(2,3)4/h7-15,19,22-23,28-29H,16-18,20-21H2,1-6H3,(H,36,40)(H,37,41)/t23?,29-/m1/s1. The number of Topliss-reactive ketones (excluding diaryl/α,β-unsaturated/α-hetero) is 1. The van der Waals surface area contributed by atoms with Crippen molar-refractivity contribution in [2.24, 2.45) is 5.92 Å². The van der Waals surface area contributed by atoms with Crippen molar-refractivity contribution in [2.75, 3.05) is 6.61 Å². The highest BCUT2D eigenvalue weighted by Crippen LogP contribution is 2.30. The number of alkyl carbamates (subject to hydrolysis) is 1. The van der Waals surface area contributed by atoms with Crippen LogP contribution in [0.3, 0.4) is 0 Å². The molecule has 2 atom stereocenters. The van der Waals surface area contributed by atoms with Crippen LogP contribution in [0.1, 0.15) is 70.0 Å².